The standard InChI is InChI=1S/C13H23N3O2/c1-12(2,10-17)16(3)8-11(18)15-13(9-14)6-4-5-7-13/h17H,4-8,10H2,1-3H3,(H,15,18). The second-order valence-electron chi connectivity index (χ2n) is 5.78. The Kier molecular flexibility index (Phi) is 4.71. The van der Waals surface area contributed by atoms with Crippen LogP contribution in [0.3, 0.4) is 0 Å². The predicted molar refractivity (Wildman–Crippen MR) is 68.7 cm³/mol. The molecule has 0 radical (unpaired) electrons. The first-order chi connectivity index (χ1) is 8.35. The Labute approximate surface area is 109 Å². The van der Waals surface area contributed by atoms with E-state index < -0.39 is 11.1 Å². The van der Waals surface area contributed by atoms with Crippen molar-refractivity contribution < 1.29 is 9.90 Å². The van der Waals surface area contributed by atoms with E-state index in [1.54, 1.807) is 11.9 Å². The van der Waals surface area contributed by atoms with Gasteiger partial charge in [-0.2, -0.15) is 5.26 Å². The summed E-state index contributed by atoms with van der Waals surface area (Å²) >= 11 is 0. The molecule has 0 atom stereocenters. The van der Waals surface area contributed by atoms with E-state index in [0.29, 0.717) is 0 Å². The summed E-state index contributed by atoms with van der Waals surface area (Å²) in [6.45, 7) is 3.92. The zero-order valence-electron chi connectivity index (χ0n) is 11.5. The molecular weight excluding hydrogens is 230 g/mol. The number of likely N-dealkylation sites (N-methyl/N-ethyl adjacent to an activating group) is 1. The minimum atomic E-state index is -0.665. The van der Waals surface area contributed by atoms with Crippen molar-refractivity contribution in [3.63, 3.8) is 0 Å². The first kappa shape index (κ1) is 14.9. The summed E-state index contributed by atoms with van der Waals surface area (Å²) < 4.78 is 0. The largest absolute Gasteiger partial charge is 0.394 e. The van der Waals surface area contributed by atoms with Crippen molar-refractivity contribution in [2.45, 2.75) is 50.6 Å². The summed E-state index contributed by atoms with van der Waals surface area (Å²) in [7, 11) is 1.80. The summed E-state index contributed by atoms with van der Waals surface area (Å²) in [6, 6.07) is 2.23. The van der Waals surface area contributed by atoms with Crippen LogP contribution in [0.2, 0.25) is 0 Å². The molecule has 1 aliphatic rings. The van der Waals surface area contributed by atoms with Crippen LogP contribution in [-0.2, 0) is 4.79 Å². The van der Waals surface area contributed by atoms with Gasteiger partial charge in [0.05, 0.1) is 19.2 Å². The van der Waals surface area contributed by atoms with Gasteiger partial charge in [-0.1, -0.05) is 0 Å². The van der Waals surface area contributed by atoms with Gasteiger partial charge in [0.15, 0.2) is 0 Å². The molecule has 1 amide bonds. The van der Waals surface area contributed by atoms with Crippen molar-refractivity contribution in [2.75, 3.05) is 20.2 Å². The summed E-state index contributed by atoms with van der Waals surface area (Å²) in [5.41, 5.74) is -1.10. The van der Waals surface area contributed by atoms with Crippen LogP contribution in [0.5, 0.6) is 0 Å². The minimum Gasteiger partial charge on any atom is -0.394 e. The van der Waals surface area contributed by atoms with Crippen LogP contribution in [0.15, 0.2) is 0 Å². The van der Waals surface area contributed by atoms with E-state index in [1.807, 2.05) is 13.8 Å². The van der Waals surface area contributed by atoms with Gasteiger partial charge in [0, 0.05) is 5.54 Å². The van der Waals surface area contributed by atoms with Gasteiger partial charge in [0.25, 0.3) is 0 Å². The lowest BCUT2D eigenvalue weighted by Crippen LogP contribution is -2.53. The van der Waals surface area contributed by atoms with Gasteiger partial charge in [-0.3, -0.25) is 9.69 Å². The Bertz CT molecular complexity index is 341. The van der Waals surface area contributed by atoms with Crippen molar-refractivity contribution in [3.05, 3.63) is 0 Å². The Morgan fingerprint density at radius 2 is 2.06 bits per heavy atom. The smallest absolute Gasteiger partial charge is 0.235 e. The van der Waals surface area contributed by atoms with Crippen LogP contribution in [-0.4, -0.2) is 47.2 Å². The molecule has 0 aromatic carbocycles. The van der Waals surface area contributed by atoms with Gasteiger partial charge >= 0.3 is 0 Å². The number of nitrogens with one attached hydrogen (secondary N) is 1. The molecule has 0 aromatic heterocycles. The number of hydrogen-bond acceptors (Lipinski definition) is 4. The fraction of sp³-hybridized carbons (Fsp3) is 0.846. The fourth-order valence-electron chi connectivity index (χ4n) is 2.10. The minimum absolute atomic E-state index is 0.0137. The molecule has 0 spiro atoms. The van der Waals surface area contributed by atoms with Crippen molar-refractivity contribution in [1.82, 2.24) is 10.2 Å². The van der Waals surface area contributed by atoms with Crippen molar-refractivity contribution >= 4 is 5.91 Å². The molecule has 0 bridgehead atoms. The van der Waals surface area contributed by atoms with Crippen molar-refractivity contribution in [1.29, 1.82) is 5.26 Å². The molecule has 5 heteroatoms. The highest BCUT2D eigenvalue weighted by atomic mass is 16.3. The van der Waals surface area contributed by atoms with Crippen LogP contribution in [0.4, 0.5) is 0 Å². The van der Waals surface area contributed by atoms with E-state index >= 15 is 0 Å². The fourth-order valence-corrected chi connectivity index (χ4v) is 2.10. The van der Waals surface area contributed by atoms with Crippen molar-refractivity contribution in [2.24, 2.45) is 0 Å². The van der Waals surface area contributed by atoms with E-state index in [1.165, 1.54) is 0 Å². The highest BCUT2D eigenvalue weighted by Crippen LogP contribution is 2.28. The van der Waals surface area contributed by atoms with Gasteiger partial charge in [-0.25, -0.2) is 0 Å². The lowest BCUT2D eigenvalue weighted by molar-refractivity contribution is -0.124. The monoisotopic (exact) mass is 253 g/mol. The van der Waals surface area contributed by atoms with Gasteiger partial charge in [-0.15, -0.1) is 0 Å². The maximum Gasteiger partial charge on any atom is 0.235 e. The molecule has 0 aliphatic heterocycles. The molecule has 1 saturated carbocycles. The third-order valence-electron chi connectivity index (χ3n) is 3.85. The molecule has 1 aliphatic carbocycles. The zero-order chi connectivity index (χ0) is 13.8. The number of carbonyl (C=O) groups excluding carboxylic acids is 1. The Morgan fingerprint density at radius 3 is 2.50 bits per heavy atom. The molecule has 0 heterocycles. The average Bonchev–Trinajstić information content (AvgIpc) is 2.77. The summed E-state index contributed by atoms with van der Waals surface area (Å²) in [5.74, 6) is -0.150. The molecule has 0 saturated heterocycles. The highest BCUT2D eigenvalue weighted by molar-refractivity contribution is 5.79. The molecule has 102 valence electrons. The molecule has 18 heavy (non-hydrogen) atoms. The molecule has 1 fully saturated rings. The predicted octanol–water partition coefficient (Wildman–Crippen LogP) is 0.642. The summed E-state index contributed by atoms with van der Waals surface area (Å²) in [4.78, 5) is 13.7. The number of aliphatic hydroxyl groups is 1. The summed E-state index contributed by atoms with van der Waals surface area (Å²) in [6.07, 6.45) is 3.46. The number of hydrogen-bond donors (Lipinski definition) is 2. The van der Waals surface area contributed by atoms with Crippen LogP contribution >= 0.6 is 0 Å². The Hall–Kier alpha value is -1.12. The lowest BCUT2D eigenvalue weighted by Gasteiger charge is -2.34. The maximum absolute atomic E-state index is 12.0. The van der Waals surface area contributed by atoms with Crippen LogP contribution in [0.1, 0.15) is 39.5 Å². The van der Waals surface area contributed by atoms with Crippen LogP contribution in [0.25, 0.3) is 0 Å². The van der Waals surface area contributed by atoms with Crippen molar-refractivity contribution in [3.8, 4) is 6.07 Å². The third kappa shape index (κ3) is 3.44. The third-order valence-corrected chi connectivity index (χ3v) is 3.85. The van der Waals surface area contributed by atoms with E-state index in [4.69, 9.17) is 0 Å². The number of rotatable bonds is 5. The van der Waals surface area contributed by atoms with Crippen LogP contribution in [0, 0.1) is 11.3 Å². The maximum atomic E-state index is 12.0. The number of aliphatic hydroxyl groups excluding tert-OH is 1. The lowest BCUT2D eigenvalue weighted by atomic mass is 9.99. The van der Waals surface area contributed by atoms with E-state index in [0.717, 1.165) is 25.7 Å². The van der Waals surface area contributed by atoms with Gasteiger partial charge < -0.3 is 10.4 Å². The number of nitrogens with zero attached hydrogens (tertiary/aromatic N) is 2. The molecular formula is C13H23N3O2. The number of amides is 1. The second-order valence-corrected chi connectivity index (χ2v) is 5.78. The molecule has 2 N–H and O–H groups in total. The van der Waals surface area contributed by atoms with Gasteiger partial charge in [0.1, 0.15) is 5.54 Å². The molecule has 5 nitrogen and oxygen atoms in total. The Balaban J connectivity index is 2.54. The average molecular weight is 253 g/mol. The Morgan fingerprint density at radius 1 is 1.50 bits per heavy atom. The highest BCUT2D eigenvalue weighted by Gasteiger charge is 2.36. The number of nitriles is 1. The molecule has 1 rings (SSSR count). The quantitative estimate of drug-likeness (QED) is 0.754. The van der Waals surface area contributed by atoms with E-state index in [2.05, 4.69) is 11.4 Å². The normalized spacial score (nSPS) is 18.7. The first-order valence-electron chi connectivity index (χ1n) is 6.40. The van der Waals surface area contributed by atoms with Crippen LogP contribution < -0.4 is 5.32 Å². The van der Waals surface area contributed by atoms with E-state index in [9.17, 15) is 15.2 Å². The molecule has 0 aromatic rings. The molecule has 0 unspecified atom stereocenters. The SMILES string of the molecule is CN(CC(=O)NC1(C#N)CCCC1)C(C)(C)CO. The topological polar surface area (TPSA) is 76.4 Å². The van der Waals surface area contributed by atoms with Gasteiger partial charge in [-0.05, 0) is 46.6 Å². The number of carbonyl (C=O) groups is 1. The van der Waals surface area contributed by atoms with Gasteiger partial charge in [0.2, 0.25) is 5.91 Å². The first-order valence-corrected chi connectivity index (χ1v) is 6.40. The summed E-state index contributed by atoms with van der Waals surface area (Å²) in [5, 5.41) is 21.3. The zero-order valence-corrected chi connectivity index (χ0v) is 11.5. The second kappa shape index (κ2) is 5.68. The van der Waals surface area contributed by atoms with E-state index in [-0.39, 0.29) is 19.1 Å².